The molecule has 0 amide bonds. The summed E-state index contributed by atoms with van der Waals surface area (Å²) in [6, 6.07) is 3.59. The predicted molar refractivity (Wildman–Crippen MR) is 62.6 cm³/mol. The van der Waals surface area contributed by atoms with Crippen LogP contribution in [0.25, 0.3) is 0 Å². The van der Waals surface area contributed by atoms with Crippen LogP contribution in [0.1, 0.15) is 44.3 Å². The lowest BCUT2D eigenvalue weighted by atomic mass is 9.70. The number of rotatable bonds is 4. The maximum atomic E-state index is 12.1. The van der Waals surface area contributed by atoms with Gasteiger partial charge in [-0.15, -0.1) is 0 Å². The molecule has 1 aliphatic rings. The van der Waals surface area contributed by atoms with Gasteiger partial charge >= 0.3 is 0 Å². The maximum Gasteiger partial charge on any atom is 0.137 e. The number of ketones is 1. The van der Waals surface area contributed by atoms with Crippen molar-refractivity contribution >= 4 is 11.8 Å². The van der Waals surface area contributed by atoms with E-state index in [4.69, 9.17) is 4.42 Å². The molecule has 4 heteroatoms. The Kier molecular flexibility index (Phi) is 3.84. The molecule has 0 spiro atoms. The first-order valence-corrected chi connectivity index (χ1v) is 6.42. The Balaban J connectivity index is 2.31. The van der Waals surface area contributed by atoms with Crippen LogP contribution in [0.5, 0.6) is 0 Å². The van der Waals surface area contributed by atoms with Gasteiger partial charge in [0.2, 0.25) is 0 Å². The van der Waals surface area contributed by atoms with Crippen LogP contribution < -0.4 is 5.11 Å². The van der Waals surface area contributed by atoms with E-state index in [0.717, 1.165) is 12.8 Å². The van der Waals surface area contributed by atoms with Gasteiger partial charge in [0.1, 0.15) is 11.5 Å². The second kappa shape index (κ2) is 5.38. The lowest BCUT2D eigenvalue weighted by Gasteiger charge is -2.35. The average Bonchev–Trinajstić information content (AvgIpc) is 2.85. The number of aliphatic carboxylic acids is 1. The summed E-state index contributed by atoms with van der Waals surface area (Å²) in [6.07, 6.45) is 4.03. The number of hydrogen-bond donors (Lipinski definition) is 0. The minimum Gasteiger partial charge on any atom is -0.550 e. The summed E-state index contributed by atoms with van der Waals surface area (Å²) in [6.45, 7) is 1.78. The first kappa shape index (κ1) is 12.9. The third-order valence-corrected chi connectivity index (χ3v) is 3.83. The maximum absolute atomic E-state index is 12.1. The molecular formula is C14H17O4-. The summed E-state index contributed by atoms with van der Waals surface area (Å²) >= 11 is 0. The highest BCUT2D eigenvalue weighted by atomic mass is 16.4. The van der Waals surface area contributed by atoms with Gasteiger partial charge in [-0.2, -0.15) is 0 Å². The molecule has 3 atom stereocenters. The highest BCUT2D eigenvalue weighted by Gasteiger charge is 2.39. The Morgan fingerprint density at radius 1 is 1.61 bits per heavy atom. The molecule has 1 unspecified atom stereocenters. The van der Waals surface area contributed by atoms with Gasteiger partial charge in [-0.1, -0.05) is 6.92 Å². The molecule has 0 radical (unpaired) electrons. The van der Waals surface area contributed by atoms with Crippen molar-refractivity contribution in [2.75, 3.05) is 0 Å². The van der Waals surface area contributed by atoms with Gasteiger partial charge in [0.25, 0.3) is 0 Å². The molecule has 0 N–H and O–H groups in total. The van der Waals surface area contributed by atoms with Crippen LogP contribution in [0.15, 0.2) is 22.8 Å². The lowest BCUT2D eigenvalue weighted by Crippen LogP contribution is -2.42. The molecule has 0 aromatic carbocycles. The molecule has 1 fully saturated rings. The van der Waals surface area contributed by atoms with Crippen LogP contribution in [0, 0.1) is 11.8 Å². The molecule has 4 nitrogen and oxygen atoms in total. The Hall–Kier alpha value is -1.58. The highest BCUT2D eigenvalue weighted by Crippen LogP contribution is 2.40. The first-order chi connectivity index (χ1) is 8.65. The van der Waals surface area contributed by atoms with Crippen LogP contribution in [-0.4, -0.2) is 11.8 Å². The van der Waals surface area contributed by atoms with Crippen LogP contribution >= 0.6 is 0 Å². The summed E-state index contributed by atoms with van der Waals surface area (Å²) in [5.74, 6) is -1.72. The van der Waals surface area contributed by atoms with Crippen LogP contribution in [0.3, 0.4) is 0 Å². The van der Waals surface area contributed by atoms with Crippen LogP contribution in [0.2, 0.25) is 0 Å². The van der Waals surface area contributed by atoms with E-state index in [-0.39, 0.29) is 11.7 Å². The minimum atomic E-state index is -1.13. The monoisotopic (exact) mass is 249 g/mol. The van der Waals surface area contributed by atoms with Crippen molar-refractivity contribution < 1.29 is 19.1 Å². The van der Waals surface area contributed by atoms with Gasteiger partial charge in [-0.05, 0) is 31.4 Å². The van der Waals surface area contributed by atoms with Gasteiger partial charge in [0, 0.05) is 30.1 Å². The first-order valence-electron chi connectivity index (χ1n) is 6.42. The number of carbonyl (C=O) groups is 2. The SMILES string of the molecule is CCC(C(=O)[O-])[C@@H]1C(=O)CCC[C@H]1c1ccco1. The summed E-state index contributed by atoms with van der Waals surface area (Å²) in [5, 5.41) is 11.2. The Bertz CT molecular complexity index is 421. The molecule has 2 rings (SSSR count). The molecule has 98 valence electrons. The van der Waals surface area contributed by atoms with E-state index in [1.807, 2.05) is 6.07 Å². The van der Waals surface area contributed by atoms with E-state index in [0.29, 0.717) is 18.6 Å². The zero-order valence-electron chi connectivity index (χ0n) is 10.4. The van der Waals surface area contributed by atoms with Crippen molar-refractivity contribution in [2.24, 2.45) is 11.8 Å². The summed E-state index contributed by atoms with van der Waals surface area (Å²) < 4.78 is 5.36. The van der Waals surface area contributed by atoms with Crippen LogP contribution in [0.4, 0.5) is 0 Å². The smallest absolute Gasteiger partial charge is 0.137 e. The van der Waals surface area contributed by atoms with Crippen molar-refractivity contribution in [3.63, 3.8) is 0 Å². The van der Waals surface area contributed by atoms with E-state index < -0.39 is 17.8 Å². The molecule has 1 heterocycles. The third-order valence-electron chi connectivity index (χ3n) is 3.83. The van der Waals surface area contributed by atoms with E-state index in [9.17, 15) is 14.7 Å². The Morgan fingerprint density at radius 2 is 2.39 bits per heavy atom. The van der Waals surface area contributed by atoms with E-state index in [1.165, 1.54) is 0 Å². The zero-order chi connectivity index (χ0) is 13.1. The number of furan rings is 1. The molecular weight excluding hydrogens is 232 g/mol. The molecule has 1 saturated carbocycles. The zero-order valence-corrected chi connectivity index (χ0v) is 10.4. The average molecular weight is 249 g/mol. The lowest BCUT2D eigenvalue weighted by molar-refractivity contribution is -0.313. The summed E-state index contributed by atoms with van der Waals surface area (Å²) in [5.41, 5.74) is 0. The molecule has 18 heavy (non-hydrogen) atoms. The van der Waals surface area contributed by atoms with Gasteiger partial charge in [0.05, 0.1) is 6.26 Å². The van der Waals surface area contributed by atoms with Crippen molar-refractivity contribution in [3.05, 3.63) is 24.2 Å². The van der Waals surface area contributed by atoms with Crippen molar-refractivity contribution in [2.45, 2.75) is 38.5 Å². The fourth-order valence-corrected chi connectivity index (χ4v) is 2.96. The molecule has 1 aromatic rings. The van der Waals surface area contributed by atoms with E-state index in [1.54, 1.807) is 19.3 Å². The highest BCUT2D eigenvalue weighted by molar-refractivity contribution is 5.87. The van der Waals surface area contributed by atoms with Gasteiger partial charge < -0.3 is 14.3 Å². The second-order valence-electron chi connectivity index (χ2n) is 4.84. The second-order valence-corrected chi connectivity index (χ2v) is 4.84. The number of hydrogen-bond acceptors (Lipinski definition) is 4. The molecule has 0 bridgehead atoms. The number of carbonyl (C=O) groups excluding carboxylic acids is 2. The fraction of sp³-hybridized carbons (Fsp3) is 0.571. The standard InChI is InChI=1S/C14H18O4/c1-2-9(14(16)17)13-10(5-3-6-11(13)15)12-7-4-8-18-12/h4,7-10,13H,2-3,5-6H2,1H3,(H,16,17)/p-1/t9?,10-,13-/m0/s1. The minimum absolute atomic E-state index is 0.0266. The summed E-state index contributed by atoms with van der Waals surface area (Å²) in [4.78, 5) is 23.3. The number of carboxylic acid groups (broad SMARTS) is 1. The predicted octanol–water partition coefficient (Wildman–Crippen LogP) is 1.51. The third kappa shape index (κ3) is 2.33. The van der Waals surface area contributed by atoms with Crippen molar-refractivity contribution in [3.8, 4) is 0 Å². The van der Waals surface area contributed by atoms with E-state index >= 15 is 0 Å². The summed E-state index contributed by atoms with van der Waals surface area (Å²) in [7, 11) is 0. The topological polar surface area (TPSA) is 70.3 Å². The largest absolute Gasteiger partial charge is 0.550 e. The van der Waals surface area contributed by atoms with Gasteiger partial charge in [0.15, 0.2) is 0 Å². The number of Topliss-reactive ketones (excluding diaryl/α,β-unsaturated/α-hetero) is 1. The van der Waals surface area contributed by atoms with Gasteiger partial charge in [-0.25, -0.2) is 0 Å². The normalized spacial score (nSPS) is 25.9. The van der Waals surface area contributed by atoms with E-state index in [2.05, 4.69) is 0 Å². The van der Waals surface area contributed by atoms with Crippen LogP contribution in [-0.2, 0) is 9.59 Å². The molecule has 1 aliphatic carbocycles. The van der Waals surface area contributed by atoms with Gasteiger partial charge in [-0.3, -0.25) is 4.79 Å². The Morgan fingerprint density at radius 3 is 2.94 bits per heavy atom. The fourth-order valence-electron chi connectivity index (χ4n) is 2.96. The molecule has 1 aromatic heterocycles. The quantitative estimate of drug-likeness (QED) is 0.811. The number of carboxylic acids is 1. The van der Waals surface area contributed by atoms with Crippen molar-refractivity contribution in [1.82, 2.24) is 0 Å². The molecule has 0 aliphatic heterocycles. The Labute approximate surface area is 106 Å². The molecule has 0 saturated heterocycles. The van der Waals surface area contributed by atoms with Crippen molar-refractivity contribution in [1.29, 1.82) is 0 Å².